The number of fused-ring (bicyclic) bond motifs is 1. The molecule has 0 spiro atoms. The van der Waals surface area contributed by atoms with E-state index in [2.05, 4.69) is 14.7 Å². The largest absolute Gasteiger partial charge is 0.493 e. The van der Waals surface area contributed by atoms with Crippen LogP contribution in [0.5, 0.6) is 5.88 Å². The molecule has 0 fully saturated rings. The average molecular weight is 237 g/mol. The van der Waals surface area contributed by atoms with Crippen LogP contribution in [-0.2, 0) is 4.74 Å². The lowest BCUT2D eigenvalue weighted by atomic mass is 10.3. The summed E-state index contributed by atoms with van der Waals surface area (Å²) in [6.07, 6.45) is 1.06. The van der Waals surface area contributed by atoms with E-state index in [9.17, 15) is 14.7 Å². The second-order valence-corrected chi connectivity index (χ2v) is 3.08. The van der Waals surface area contributed by atoms with Gasteiger partial charge in [-0.2, -0.15) is 0 Å². The fourth-order valence-electron chi connectivity index (χ4n) is 1.34. The maximum Gasteiger partial charge on any atom is 0.355 e. The summed E-state index contributed by atoms with van der Waals surface area (Å²) in [5, 5.41) is 18.3. The molecule has 8 nitrogen and oxygen atoms in total. The van der Waals surface area contributed by atoms with Crippen molar-refractivity contribution in [1.29, 1.82) is 0 Å². The summed E-state index contributed by atoms with van der Waals surface area (Å²) < 4.78 is 5.48. The first-order valence-corrected chi connectivity index (χ1v) is 4.43. The van der Waals surface area contributed by atoms with Gasteiger partial charge in [-0.15, -0.1) is 0 Å². The van der Waals surface area contributed by atoms with Crippen LogP contribution in [0.25, 0.3) is 5.78 Å². The van der Waals surface area contributed by atoms with E-state index in [1.54, 1.807) is 0 Å². The van der Waals surface area contributed by atoms with Gasteiger partial charge >= 0.3 is 11.9 Å². The highest BCUT2D eigenvalue weighted by molar-refractivity contribution is 5.93. The van der Waals surface area contributed by atoms with Crippen LogP contribution in [0.3, 0.4) is 0 Å². The Hall–Kier alpha value is -2.64. The number of methoxy groups -OCH3 is 1. The van der Waals surface area contributed by atoms with Gasteiger partial charge in [0.2, 0.25) is 11.7 Å². The van der Waals surface area contributed by atoms with Crippen molar-refractivity contribution in [3.63, 3.8) is 0 Å². The van der Waals surface area contributed by atoms with Gasteiger partial charge in [-0.05, 0) is 0 Å². The van der Waals surface area contributed by atoms with Crippen molar-refractivity contribution >= 4 is 17.7 Å². The van der Waals surface area contributed by atoms with Crippen molar-refractivity contribution in [3.05, 3.63) is 23.7 Å². The molecule has 2 heterocycles. The molecular weight excluding hydrogens is 230 g/mol. The zero-order valence-electron chi connectivity index (χ0n) is 8.62. The molecule has 2 rings (SSSR count). The van der Waals surface area contributed by atoms with Crippen LogP contribution in [0.1, 0.15) is 21.0 Å². The minimum Gasteiger partial charge on any atom is -0.493 e. The number of ether oxygens (including phenoxy) is 1. The van der Waals surface area contributed by atoms with Crippen LogP contribution >= 0.6 is 0 Å². The Balaban J connectivity index is 2.80. The molecule has 0 saturated carbocycles. The number of aromatic hydroxyl groups is 1. The molecule has 0 atom stereocenters. The molecule has 0 unspecified atom stereocenters. The van der Waals surface area contributed by atoms with E-state index in [1.807, 2.05) is 0 Å². The molecule has 88 valence electrons. The molecule has 0 radical (unpaired) electrons. The summed E-state index contributed by atoms with van der Waals surface area (Å²) >= 11 is 0. The van der Waals surface area contributed by atoms with Crippen molar-refractivity contribution in [1.82, 2.24) is 14.4 Å². The lowest BCUT2D eigenvalue weighted by Crippen LogP contribution is -2.12. The van der Waals surface area contributed by atoms with Gasteiger partial charge in [0.15, 0.2) is 5.69 Å². The number of nitrogens with zero attached hydrogens (tertiary/aromatic N) is 3. The number of carbonyl (C=O) groups is 2. The number of imidazole rings is 1. The van der Waals surface area contributed by atoms with E-state index < -0.39 is 11.9 Å². The molecule has 0 amide bonds. The third-order valence-corrected chi connectivity index (χ3v) is 2.07. The first-order chi connectivity index (χ1) is 8.04. The fraction of sp³-hybridized carbons (Fsp3) is 0.111. The second kappa shape index (κ2) is 3.74. The number of carboxylic acid groups (broad SMARTS) is 1. The van der Waals surface area contributed by atoms with E-state index in [1.165, 1.54) is 0 Å². The van der Waals surface area contributed by atoms with Gasteiger partial charge in [0.1, 0.15) is 5.69 Å². The average Bonchev–Trinajstić information content (AvgIpc) is 2.69. The maximum absolute atomic E-state index is 11.4. The standard InChI is InChI=1S/C9H7N3O5/c1-17-8(16)5-2-4(7(14)15)11-9-10-3-6(13)12(5)9/h2-3,13H,1H3,(H,14,15). The molecule has 17 heavy (non-hydrogen) atoms. The molecular formula is C9H7N3O5. The molecule has 0 bridgehead atoms. The Morgan fingerprint density at radius 2 is 2.18 bits per heavy atom. The van der Waals surface area contributed by atoms with E-state index in [4.69, 9.17) is 5.11 Å². The highest BCUT2D eigenvalue weighted by Crippen LogP contribution is 2.16. The van der Waals surface area contributed by atoms with Gasteiger partial charge in [-0.25, -0.2) is 24.0 Å². The van der Waals surface area contributed by atoms with Gasteiger partial charge < -0.3 is 14.9 Å². The molecule has 0 aliphatic carbocycles. The predicted octanol–water partition coefficient (Wildman–Crippen LogP) is -0.0803. The van der Waals surface area contributed by atoms with Gasteiger partial charge in [0.25, 0.3) is 0 Å². The molecule has 2 aromatic rings. The zero-order valence-corrected chi connectivity index (χ0v) is 8.62. The van der Waals surface area contributed by atoms with Crippen molar-refractivity contribution < 1.29 is 24.5 Å². The number of rotatable bonds is 2. The lowest BCUT2D eigenvalue weighted by Gasteiger charge is -2.04. The van der Waals surface area contributed by atoms with Crippen LogP contribution < -0.4 is 0 Å². The Morgan fingerprint density at radius 1 is 1.47 bits per heavy atom. The molecule has 0 aliphatic rings. The van der Waals surface area contributed by atoms with Crippen LogP contribution in [0.2, 0.25) is 0 Å². The van der Waals surface area contributed by atoms with Crippen molar-refractivity contribution in [2.24, 2.45) is 0 Å². The number of carboxylic acids is 1. The van der Waals surface area contributed by atoms with E-state index in [0.29, 0.717) is 0 Å². The maximum atomic E-state index is 11.4. The van der Waals surface area contributed by atoms with Crippen LogP contribution in [0.4, 0.5) is 0 Å². The highest BCUT2D eigenvalue weighted by atomic mass is 16.5. The summed E-state index contributed by atoms with van der Waals surface area (Å²) in [6.45, 7) is 0. The molecule has 2 aromatic heterocycles. The summed E-state index contributed by atoms with van der Waals surface area (Å²) in [7, 11) is 1.14. The first-order valence-electron chi connectivity index (χ1n) is 4.43. The summed E-state index contributed by atoms with van der Waals surface area (Å²) in [4.78, 5) is 29.6. The molecule has 2 N–H and O–H groups in total. The SMILES string of the molecule is COC(=O)c1cc(C(=O)O)nc2ncc(O)n12. The summed E-state index contributed by atoms with van der Waals surface area (Å²) in [6, 6.07) is 1.00. The summed E-state index contributed by atoms with van der Waals surface area (Å²) in [5.74, 6) is -2.53. The summed E-state index contributed by atoms with van der Waals surface area (Å²) in [5.41, 5.74) is -0.520. The Morgan fingerprint density at radius 3 is 2.76 bits per heavy atom. The third-order valence-electron chi connectivity index (χ3n) is 2.07. The van der Waals surface area contributed by atoms with Crippen LogP contribution in [0, 0.1) is 0 Å². The zero-order chi connectivity index (χ0) is 12.6. The van der Waals surface area contributed by atoms with Crippen LogP contribution in [-0.4, -0.2) is 43.6 Å². The minimum atomic E-state index is -1.31. The predicted molar refractivity (Wildman–Crippen MR) is 53.0 cm³/mol. The monoisotopic (exact) mass is 237 g/mol. The Labute approximate surface area is 94.1 Å². The normalized spacial score (nSPS) is 10.4. The smallest absolute Gasteiger partial charge is 0.355 e. The number of hydrogen-bond acceptors (Lipinski definition) is 6. The fourth-order valence-corrected chi connectivity index (χ4v) is 1.34. The van der Waals surface area contributed by atoms with E-state index in [0.717, 1.165) is 23.8 Å². The molecule has 8 heteroatoms. The van der Waals surface area contributed by atoms with Gasteiger partial charge in [0.05, 0.1) is 13.3 Å². The van der Waals surface area contributed by atoms with Crippen LogP contribution in [0.15, 0.2) is 12.3 Å². The highest BCUT2D eigenvalue weighted by Gasteiger charge is 2.19. The number of esters is 1. The first kappa shape index (κ1) is 10.9. The quantitative estimate of drug-likeness (QED) is 0.702. The molecule has 0 aromatic carbocycles. The topological polar surface area (TPSA) is 114 Å². The second-order valence-electron chi connectivity index (χ2n) is 3.08. The number of aromatic nitrogens is 3. The Kier molecular flexibility index (Phi) is 2.39. The Bertz CT molecular complexity index is 618. The number of hydrogen-bond donors (Lipinski definition) is 2. The van der Waals surface area contributed by atoms with Gasteiger partial charge in [0, 0.05) is 6.07 Å². The van der Waals surface area contributed by atoms with Gasteiger partial charge in [-0.3, -0.25) is 0 Å². The minimum absolute atomic E-state index is 0.0946. The molecule has 0 aliphatic heterocycles. The van der Waals surface area contributed by atoms with E-state index in [-0.39, 0.29) is 23.0 Å². The number of carbonyl (C=O) groups excluding carboxylic acids is 1. The lowest BCUT2D eigenvalue weighted by molar-refractivity contribution is 0.0591. The molecule has 0 saturated heterocycles. The van der Waals surface area contributed by atoms with Crippen molar-refractivity contribution in [2.45, 2.75) is 0 Å². The van der Waals surface area contributed by atoms with Gasteiger partial charge in [-0.1, -0.05) is 0 Å². The van der Waals surface area contributed by atoms with Crippen molar-refractivity contribution in [3.8, 4) is 5.88 Å². The third kappa shape index (κ3) is 1.65. The number of aromatic carboxylic acids is 1. The van der Waals surface area contributed by atoms with E-state index >= 15 is 0 Å². The van der Waals surface area contributed by atoms with Crippen molar-refractivity contribution in [2.75, 3.05) is 7.11 Å².